The number of nitrogens with zero attached hydrogens (tertiary/aromatic N) is 2. The Labute approximate surface area is 138 Å². The summed E-state index contributed by atoms with van der Waals surface area (Å²) >= 11 is 0. The van der Waals surface area contributed by atoms with E-state index in [0.717, 1.165) is 12.8 Å². The first-order chi connectivity index (χ1) is 11.0. The molecule has 3 fully saturated rings. The number of aliphatic hydroxyl groups excluding tert-OH is 1. The minimum absolute atomic E-state index is 0.0271. The van der Waals surface area contributed by atoms with Gasteiger partial charge in [0.2, 0.25) is 5.91 Å². The number of carbonyl (C=O) groups excluding carboxylic acids is 1. The van der Waals surface area contributed by atoms with E-state index in [1.165, 1.54) is 19.3 Å². The summed E-state index contributed by atoms with van der Waals surface area (Å²) < 4.78 is 24.2. The maximum Gasteiger partial charge on any atom is 0.223 e. The molecule has 0 bridgehead atoms. The average molecular weight is 344 g/mol. The first-order valence-corrected chi connectivity index (χ1v) is 10.7. The molecule has 0 spiro atoms. The van der Waals surface area contributed by atoms with Crippen molar-refractivity contribution in [3.63, 3.8) is 0 Å². The monoisotopic (exact) mass is 344 g/mol. The fraction of sp³-hybridized carbons (Fsp3) is 0.938. The lowest BCUT2D eigenvalue weighted by Crippen LogP contribution is -2.61. The van der Waals surface area contributed by atoms with E-state index in [0.29, 0.717) is 32.0 Å². The third-order valence-electron chi connectivity index (χ3n) is 5.69. The maximum absolute atomic E-state index is 12.7. The fourth-order valence-electron chi connectivity index (χ4n) is 4.50. The summed E-state index contributed by atoms with van der Waals surface area (Å²) in [5.74, 6) is 0.803. The molecule has 1 saturated carbocycles. The zero-order valence-corrected chi connectivity index (χ0v) is 14.5. The van der Waals surface area contributed by atoms with Crippen molar-refractivity contribution in [1.29, 1.82) is 0 Å². The normalized spacial score (nSPS) is 32.0. The molecule has 0 radical (unpaired) electrons. The summed E-state index contributed by atoms with van der Waals surface area (Å²) in [6.07, 6.45) is 6.52. The van der Waals surface area contributed by atoms with E-state index >= 15 is 0 Å². The molecule has 1 aliphatic carbocycles. The van der Waals surface area contributed by atoms with E-state index in [1.54, 1.807) is 0 Å². The fourth-order valence-corrected chi connectivity index (χ4v) is 6.51. The van der Waals surface area contributed by atoms with Gasteiger partial charge in [-0.3, -0.25) is 9.69 Å². The van der Waals surface area contributed by atoms with Crippen LogP contribution in [-0.4, -0.2) is 79.1 Å². The SMILES string of the molecule is O=C(CC1CCCCC1)N1CCN(CCO)[C@H]2CS(=O)(=O)C[C@H]21. The Bertz CT molecular complexity index is 530. The molecule has 132 valence electrons. The van der Waals surface area contributed by atoms with Crippen LogP contribution in [-0.2, 0) is 14.6 Å². The van der Waals surface area contributed by atoms with Crippen LogP contribution in [0.2, 0.25) is 0 Å². The van der Waals surface area contributed by atoms with Crippen molar-refractivity contribution < 1.29 is 18.3 Å². The van der Waals surface area contributed by atoms with Gasteiger partial charge in [-0.1, -0.05) is 19.3 Å². The van der Waals surface area contributed by atoms with Gasteiger partial charge in [-0.05, 0) is 18.8 Å². The highest BCUT2D eigenvalue weighted by Crippen LogP contribution is 2.30. The highest BCUT2D eigenvalue weighted by Gasteiger charge is 2.47. The lowest BCUT2D eigenvalue weighted by atomic mass is 9.86. The quantitative estimate of drug-likeness (QED) is 0.791. The van der Waals surface area contributed by atoms with Crippen molar-refractivity contribution in [1.82, 2.24) is 9.80 Å². The van der Waals surface area contributed by atoms with E-state index in [1.807, 2.05) is 9.80 Å². The molecule has 3 aliphatic rings. The molecule has 7 heteroatoms. The Morgan fingerprint density at radius 1 is 1.04 bits per heavy atom. The van der Waals surface area contributed by atoms with E-state index in [4.69, 9.17) is 0 Å². The van der Waals surface area contributed by atoms with Crippen LogP contribution in [0.4, 0.5) is 0 Å². The minimum atomic E-state index is -3.10. The molecule has 3 rings (SSSR count). The molecule has 2 saturated heterocycles. The Morgan fingerprint density at radius 2 is 1.74 bits per heavy atom. The Balaban J connectivity index is 1.68. The number of fused-ring (bicyclic) bond motifs is 1. The summed E-state index contributed by atoms with van der Waals surface area (Å²) in [5, 5.41) is 9.19. The van der Waals surface area contributed by atoms with Crippen LogP contribution in [0, 0.1) is 5.92 Å². The largest absolute Gasteiger partial charge is 0.395 e. The third-order valence-corrected chi connectivity index (χ3v) is 7.39. The zero-order valence-electron chi connectivity index (χ0n) is 13.7. The predicted molar refractivity (Wildman–Crippen MR) is 87.8 cm³/mol. The molecule has 2 aliphatic heterocycles. The molecule has 0 aromatic rings. The van der Waals surface area contributed by atoms with Crippen molar-refractivity contribution in [3.8, 4) is 0 Å². The van der Waals surface area contributed by atoms with E-state index in [-0.39, 0.29) is 36.1 Å². The van der Waals surface area contributed by atoms with Gasteiger partial charge in [0.1, 0.15) is 0 Å². The van der Waals surface area contributed by atoms with Gasteiger partial charge in [0.15, 0.2) is 9.84 Å². The second-order valence-electron chi connectivity index (χ2n) is 7.27. The van der Waals surface area contributed by atoms with Crippen molar-refractivity contribution in [2.24, 2.45) is 5.92 Å². The molecule has 1 amide bonds. The van der Waals surface area contributed by atoms with Gasteiger partial charge < -0.3 is 10.0 Å². The van der Waals surface area contributed by atoms with Gasteiger partial charge in [-0.2, -0.15) is 0 Å². The lowest BCUT2D eigenvalue weighted by molar-refractivity contribution is -0.138. The van der Waals surface area contributed by atoms with E-state index < -0.39 is 9.84 Å². The minimum Gasteiger partial charge on any atom is -0.395 e. The number of carbonyl (C=O) groups is 1. The second-order valence-corrected chi connectivity index (χ2v) is 9.42. The average Bonchev–Trinajstić information content (AvgIpc) is 2.84. The van der Waals surface area contributed by atoms with Crippen LogP contribution in [0.15, 0.2) is 0 Å². The van der Waals surface area contributed by atoms with Gasteiger partial charge in [-0.25, -0.2) is 8.42 Å². The highest BCUT2D eigenvalue weighted by molar-refractivity contribution is 7.91. The van der Waals surface area contributed by atoms with Crippen LogP contribution in [0.1, 0.15) is 38.5 Å². The summed E-state index contributed by atoms with van der Waals surface area (Å²) in [4.78, 5) is 16.6. The number of hydrogen-bond acceptors (Lipinski definition) is 5. The molecule has 6 nitrogen and oxygen atoms in total. The van der Waals surface area contributed by atoms with Gasteiger partial charge in [0.05, 0.1) is 24.2 Å². The molecule has 2 atom stereocenters. The topological polar surface area (TPSA) is 77.9 Å². The smallest absolute Gasteiger partial charge is 0.223 e. The van der Waals surface area contributed by atoms with Crippen molar-refractivity contribution in [2.75, 3.05) is 37.7 Å². The van der Waals surface area contributed by atoms with Gasteiger partial charge in [-0.15, -0.1) is 0 Å². The van der Waals surface area contributed by atoms with E-state index in [9.17, 15) is 18.3 Å². The van der Waals surface area contributed by atoms with Crippen LogP contribution < -0.4 is 0 Å². The molecule has 23 heavy (non-hydrogen) atoms. The first-order valence-electron chi connectivity index (χ1n) is 8.85. The molecule has 0 unspecified atom stereocenters. The molecule has 0 aromatic carbocycles. The highest BCUT2D eigenvalue weighted by atomic mass is 32.2. The van der Waals surface area contributed by atoms with Crippen LogP contribution in [0.25, 0.3) is 0 Å². The van der Waals surface area contributed by atoms with Gasteiger partial charge in [0, 0.05) is 32.1 Å². The standard InChI is InChI=1S/C16H28N2O4S/c19-9-8-17-6-7-18(15-12-23(21,22)11-14(15)17)16(20)10-13-4-2-1-3-5-13/h13-15,19H,1-12H2/t14-,15+/m0/s1. The van der Waals surface area contributed by atoms with Crippen molar-refractivity contribution in [2.45, 2.75) is 50.6 Å². The maximum atomic E-state index is 12.7. The second kappa shape index (κ2) is 7.07. The number of piperazine rings is 1. The van der Waals surface area contributed by atoms with Crippen LogP contribution in [0.5, 0.6) is 0 Å². The van der Waals surface area contributed by atoms with Crippen molar-refractivity contribution in [3.05, 3.63) is 0 Å². The predicted octanol–water partition coefficient (Wildman–Crippen LogP) is 0.259. The summed E-state index contributed by atoms with van der Waals surface area (Å²) in [7, 11) is -3.10. The third kappa shape index (κ3) is 3.88. The number of rotatable bonds is 4. The van der Waals surface area contributed by atoms with Gasteiger partial charge >= 0.3 is 0 Å². The molecule has 2 heterocycles. The summed E-state index contributed by atoms with van der Waals surface area (Å²) in [5.41, 5.74) is 0. The number of hydrogen-bond donors (Lipinski definition) is 1. The number of β-amino-alcohol motifs (C(OH)–C–C–N with tert-alkyl or cyclic N) is 1. The van der Waals surface area contributed by atoms with E-state index in [2.05, 4.69) is 0 Å². The van der Waals surface area contributed by atoms with Crippen molar-refractivity contribution >= 4 is 15.7 Å². The van der Waals surface area contributed by atoms with Crippen LogP contribution >= 0.6 is 0 Å². The number of aliphatic hydroxyl groups is 1. The summed E-state index contributed by atoms with van der Waals surface area (Å²) in [6.45, 7) is 1.76. The molecule has 1 N–H and O–H groups in total. The molecular formula is C16H28N2O4S. The molecule has 0 aromatic heterocycles. The Kier molecular flexibility index (Phi) is 5.28. The Hall–Kier alpha value is -0.660. The van der Waals surface area contributed by atoms with Gasteiger partial charge in [0.25, 0.3) is 0 Å². The Morgan fingerprint density at radius 3 is 2.43 bits per heavy atom. The van der Waals surface area contributed by atoms with Crippen LogP contribution in [0.3, 0.4) is 0 Å². The first kappa shape index (κ1) is 17.2. The lowest BCUT2D eigenvalue weighted by Gasteiger charge is -2.44. The molecular weight excluding hydrogens is 316 g/mol. The number of amides is 1. The number of sulfone groups is 1. The zero-order chi connectivity index (χ0) is 16.4. The summed E-state index contributed by atoms with van der Waals surface area (Å²) in [6, 6.07) is -0.368.